The van der Waals surface area contributed by atoms with Crippen LogP contribution < -0.4 is 5.32 Å². The zero-order valence-corrected chi connectivity index (χ0v) is 20.5. The Bertz CT molecular complexity index is 1490. The highest BCUT2D eigenvalue weighted by Gasteiger charge is 2.24. The molecule has 7 nitrogen and oxygen atoms in total. The summed E-state index contributed by atoms with van der Waals surface area (Å²) in [7, 11) is -3.96. The molecule has 0 fully saturated rings. The molecule has 180 valence electrons. The number of aromatic nitrogens is 1. The van der Waals surface area contributed by atoms with Crippen LogP contribution in [0.15, 0.2) is 83.9 Å². The molecule has 0 atom stereocenters. The van der Waals surface area contributed by atoms with Gasteiger partial charge in [-0.05, 0) is 48.9 Å². The van der Waals surface area contributed by atoms with E-state index in [0.29, 0.717) is 28.2 Å². The number of nitrogens with one attached hydrogen (secondary N) is 1. The summed E-state index contributed by atoms with van der Waals surface area (Å²) < 4.78 is 33.2. The molecule has 0 saturated carbocycles. The monoisotopic (exact) mass is 510 g/mol. The van der Waals surface area contributed by atoms with Crippen molar-refractivity contribution in [3.63, 3.8) is 0 Å². The zero-order chi connectivity index (χ0) is 25.0. The summed E-state index contributed by atoms with van der Waals surface area (Å²) >= 11 is 6.30. The van der Waals surface area contributed by atoms with Crippen molar-refractivity contribution in [1.82, 2.24) is 4.57 Å². The lowest BCUT2D eigenvalue weighted by Gasteiger charge is -2.07. The number of carbonyl (C=O) groups is 2. The Morgan fingerprint density at radius 2 is 1.66 bits per heavy atom. The van der Waals surface area contributed by atoms with Crippen molar-refractivity contribution < 1.29 is 22.7 Å². The minimum absolute atomic E-state index is 0.0768. The van der Waals surface area contributed by atoms with Crippen molar-refractivity contribution in [2.24, 2.45) is 0 Å². The highest BCUT2D eigenvalue weighted by Crippen LogP contribution is 2.28. The van der Waals surface area contributed by atoms with Gasteiger partial charge in [0.25, 0.3) is 0 Å². The predicted molar refractivity (Wildman–Crippen MR) is 136 cm³/mol. The molecule has 1 N–H and O–H groups in total. The van der Waals surface area contributed by atoms with Gasteiger partial charge in [0.2, 0.25) is 5.91 Å². The van der Waals surface area contributed by atoms with Crippen LogP contribution in [0, 0.1) is 0 Å². The minimum Gasteiger partial charge on any atom is -0.462 e. The minimum atomic E-state index is -3.96. The molecule has 35 heavy (non-hydrogen) atoms. The Labute approximate surface area is 208 Å². The number of esters is 1. The van der Waals surface area contributed by atoms with Crippen LogP contribution in [0.4, 0.5) is 5.69 Å². The number of ether oxygens (including phenoxy) is 1. The highest BCUT2D eigenvalue weighted by atomic mass is 35.5. The number of halogens is 1. The fourth-order valence-electron chi connectivity index (χ4n) is 3.75. The molecule has 1 aromatic heterocycles. The van der Waals surface area contributed by atoms with Crippen molar-refractivity contribution in [2.45, 2.75) is 18.4 Å². The van der Waals surface area contributed by atoms with Gasteiger partial charge in [0.05, 0.1) is 17.1 Å². The van der Waals surface area contributed by atoms with E-state index < -0.39 is 27.5 Å². The van der Waals surface area contributed by atoms with Gasteiger partial charge in [-0.2, -0.15) is 0 Å². The molecule has 9 heteroatoms. The van der Waals surface area contributed by atoms with Gasteiger partial charge in [-0.1, -0.05) is 48.0 Å². The normalized spacial score (nSPS) is 11.4. The predicted octanol–water partition coefficient (Wildman–Crippen LogP) is 4.93. The van der Waals surface area contributed by atoms with E-state index in [1.54, 1.807) is 31.3 Å². The van der Waals surface area contributed by atoms with Crippen LogP contribution in [0.1, 0.15) is 22.8 Å². The molecule has 0 unspecified atom stereocenters. The quantitative estimate of drug-likeness (QED) is 0.339. The molecule has 4 rings (SSSR count). The molecule has 0 saturated heterocycles. The summed E-state index contributed by atoms with van der Waals surface area (Å²) in [4.78, 5) is 24.4. The topological polar surface area (TPSA) is 94.5 Å². The summed E-state index contributed by atoms with van der Waals surface area (Å²) in [6, 6.07) is 20.5. The first-order valence-electron chi connectivity index (χ1n) is 10.9. The number of sulfone groups is 1. The lowest BCUT2D eigenvalue weighted by Crippen LogP contribution is -2.23. The number of rotatable bonds is 8. The molecule has 0 bridgehead atoms. The molecular weight excluding hydrogens is 488 g/mol. The maximum absolute atomic E-state index is 13.2. The number of hydrogen-bond donors (Lipinski definition) is 1. The molecule has 0 aliphatic heterocycles. The number of nitrogens with zero attached hydrogens (tertiary/aromatic N) is 1. The number of amides is 1. The van der Waals surface area contributed by atoms with E-state index in [-0.39, 0.29) is 11.5 Å². The lowest BCUT2D eigenvalue weighted by molar-refractivity contribution is -0.113. The third-order valence-corrected chi connectivity index (χ3v) is 7.39. The number of para-hydroxylation sites is 1. The van der Waals surface area contributed by atoms with E-state index in [1.165, 1.54) is 24.3 Å². The van der Waals surface area contributed by atoms with Crippen LogP contribution >= 0.6 is 11.6 Å². The van der Waals surface area contributed by atoms with E-state index in [9.17, 15) is 18.0 Å². The van der Waals surface area contributed by atoms with Crippen LogP contribution in [0.5, 0.6) is 0 Å². The van der Waals surface area contributed by atoms with E-state index in [4.69, 9.17) is 16.3 Å². The Kier molecular flexibility index (Phi) is 7.23. The third kappa shape index (κ3) is 5.55. The molecule has 0 aliphatic rings. The maximum Gasteiger partial charge on any atom is 0.338 e. The van der Waals surface area contributed by atoms with Crippen molar-refractivity contribution >= 4 is 49.9 Å². The summed E-state index contributed by atoms with van der Waals surface area (Å²) in [6.07, 6.45) is 1.55. The van der Waals surface area contributed by atoms with Crippen LogP contribution in [-0.4, -0.2) is 37.2 Å². The summed E-state index contributed by atoms with van der Waals surface area (Å²) in [6.45, 7) is 2.35. The molecule has 0 aliphatic carbocycles. The second-order valence-corrected chi connectivity index (χ2v) is 10.2. The second kappa shape index (κ2) is 10.3. The molecular formula is C26H23ClN2O5S. The fourth-order valence-corrected chi connectivity index (χ4v) is 5.32. The third-order valence-electron chi connectivity index (χ3n) is 5.39. The van der Waals surface area contributed by atoms with Crippen molar-refractivity contribution in [3.8, 4) is 0 Å². The number of anilines is 1. The van der Waals surface area contributed by atoms with Gasteiger partial charge in [0, 0.05) is 34.4 Å². The van der Waals surface area contributed by atoms with E-state index in [2.05, 4.69) is 5.32 Å². The standard InChI is InChI=1S/C26H23ClN2O5S/c1-2-34-26(31)18-11-13-20(14-12-18)28-25(30)17-35(32,33)24-16-29(23-10-6-4-8-21(23)24)15-19-7-3-5-9-22(19)27/h3-14,16H,2,15,17H2,1H3,(H,28,30). The fraction of sp³-hybridized carbons (Fsp3) is 0.154. The van der Waals surface area contributed by atoms with Crippen molar-refractivity contribution in [3.05, 3.63) is 95.1 Å². The maximum atomic E-state index is 13.2. The number of fused-ring (bicyclic) bond motifs is 1. The number of carbonyl (C=O) groups excluding carboxylic acids is 2. The first-order valence-corrected chi connectivity index (χ1v) is 12.9. The molecule has 0 radical (unpaired) electrons. The van der Waals surface area contributed by atoms with Gasteiger partial charge in [-0.3, -0.25) is 4.79 Å². The number of benzene rings is 3. The second-order valence-electron chi connectivity index (χ2n) is 7.83. The average Bonchev–Trinajstić information content (AvgIpc) is 3.20. The highest BCUT2D eigenvalue weighted by molar-refractivity contribution is 7.92. The number of hydrogen-bond acceptors (Lipinski definition) is 5. The van der Waals surface area contributed by atoms with Crippen LogP contribution in [0.3, 0.4) is 0 Å². The van der Waals surface area contributed by atoms with Gasteiger partial charge in [-0.15, -0.1) is 0 Å². The molecule has 0 spiro atoms. The van der Waals surface area contributed by atoms with Crippen LogP contribution in [0.2, 0.25) is 5.02 Å². The molecule has 4 aromatic rings. The zero-order valence-electron chi connectivity index (χ0n) is 18.9. The van der Waals surface area contributed by atoms with Crippen LogP contribution in [-0.2, 0) is 25.9 Å². The SMILES string of the molecule is CCOC(=O)c1ccc(NC(=O)CS(=O)(=O)c2cn(Cc3ccccc3Cl)c3ccccc23)cc1. The first kappa shape index (κ1) is 24.5. The Morgan fingerprint density at radius 1 is 0.971 bits per heavy atom. The lowest BCUT2D eigenvalue weighted by atomic mass is 10.2. The summed E-state index contributed by atoms with van der Waals surface area (Å²) in [5.74, 6) is -1.88. The van der Waals surface area contributed by atoms with Crippen molar-refractivity contribution in [2.75, 3.05) is 17.7 Å². The van der Waals surface area contributed by atoms with E-state index in [1.807, 2.05) is 34.9 Å². The Balaban J connectivity index is 1.55. The van der Waals surface area contributed by atoms with Gasteiger partial charge >= 0.3 is 5.97 Å². The van der Waals surface area contributed by atoms with Crippen LogP contribution in [0.25, 0.3) is 10.9 Å². The summed E-state index contributed by atoms with van der Waals surface area (Å²) in [5, 5.41) is 3.69. The largest absolute Gasteiger partial charge is 0.462 e. The van der Waals surface area contributed by atoms with E-state index >= 15 is 0 Å². The van der Waals surface area contributed by atoms with Crippen molar-refractivity contribution in [1.29, 1.82) is 0 Å². The van der Waals surface area contributed by atoms with Gasteiger partial charge in [0.15, 0.2) is 9.84 Å². The average molecular weight is 511 g/mol. The van der Waals surface area contributed by atoms with Gasteiger partial charge in [-0.25, -0.2) is 13.2 Å². The molecule has 1 heterocycles. The Hall–Kier alpha value is -3.62. The van der Waals surface area contributed by atoms with Gasteiger partial charge < -0.3 is 14.6 Å². The van der Waals surface area contributed by atoms with Gasteiger partial charge in [0.1, 0.15) is 5.75 Å². The van der Waals surface area contributed by atoms with E-state index in [0.717, 1.165) is 11.1 Å². The molecule has 3 aromatic carbocycles. The summed E-state index contributed by atoms with van der Waals surface area (Å²) in [5.41, 5.74) is 2.28. The first-order chi connectivity index (χ1) is 16.8. The molecule has 1 amide bonds. The Morgan fingerprint density at radius 3 is 2.37 bits per heavy atom. The smallest absolute Gasteiger partial charge is 0.338 e.